The van der Waals surface area contributed by atoms with Crippen LogP contribution in [-0.4, -0.2) is 25.9 Å². The van der Waals surface area contributed by atoms with Gasteiger partial charge in [0.15, 0.2) is 11.5 Å². The molecule has 2 N–H and O–H groups in total. The van der Waals surface area contributed by atoms with Crippen molar-refractivity contribution in [2.45, 2.75) is 0 Å². The predicted octanol–water partition coefficient (Wildman–Crippen LogP) is 3.58. The first-order valence-electron chi connectivity index (χ1n) is 7.31. The van der Waals surface area contributed by atoms with Gasteiger partial charge >= 0.3 is 0 Å². The molecule has 0 aliphatic rings. The smallest absolute Gasteiger partial charge is 0.277 e. The number of H-pyrrole nitrogens is 1. The summed E-state index contributed by atoms with van der Waals surface area (Å²) in [6.45, 7) is 0. The molecule has 0 atom stereocenters. The van der Waals surface area contributed by atoms with Crippen LogP contribution in [0.5, 0.6) is 0 Å². The van der Waals surface area contributed by atoms with Crippen LogP contribution in [0.2, 0.25) is 0 Å². The second kappa shape index (κ2) is 6.13. The van der Waals surface area contributed by atoms with Crippen LogP contribution in [0.4, 0.5) is 5.82 Å². The number of hydrogen-bond acceptors (Lipinski definition) is 4. The highest BCUT2D eigenvalue weighted by molar-refractivity contribution is 7.13. The molecule has 4 aromatic rings. The van der Waals surface area contributed by atoms with E-state index in [0.717, 1.165) is 16.3 Å². The molecule has 6 nitrogen and oxygen atoms in total. The van der Waals surface area contributed by atoms with E-state index in [9.17, 15) is 4.79 Å². The van der Waals surface area contributed by atoms with Crippen LogP contribution in [0.15, 0.2) is 66.2 Å². The molecule has 3 heterocycles. The van der Waals surface area contributed by atoms with Crippen molar-refractivity contribution in [1.82, 2.24) is 20.0 Å². The lowest BCUT2D eigenvalue weighted by Crippen LogP contribution is -2.13. The Labute approximate surface area is 141 Å². The van der Waals surface area contributed by atoms with E-state index in [-0.39, 0.29) is 5.91 Å². The highest BCUT2D eigenvalue weighted by Crippen LogP contribution is 2.23. The lowest BCUT2D eigenvalue weighted by Gasteiger charge is -2.00. The molecule has 0 unspecified atom stereocenters. The molecule has 0 saturated carbocycles. The first-order chi connectivity index (χ1) is 11.8. The Hall–Kier alpha value is -3.19. The Bertz CT molecular complexity index is 956. The molecule has 4 rings (SSSR count). The Morgan fingerprint density at radius 3 is 2.79 bits per heavy atom. The van der Waals surface area contributed by atoms with Crippen LogP contribution in [0.1, 0.15) is 10.5 Å². The van der Waals surface area contributed by atoms with Crippen LogP contribution in [0.25, 0.3) is 16.3 Å². The molecule has 1 amide bonds. The predicted molar refractivity (Wildman–Crippen MR) is 93.4 cm³/mol. The number of nitrogens with zero attached hydrogens (tertiary/aromatic N) is 3. The van der Waals surface area contributed by atoms with E-state index >= 15 is 0 Å². The molecular formula is C17H13N5OS. The minimum atomic E-state index is -0.299. The van der Waals surface area contributed by atoms with Crippen molar-refractivity contribution in [3.05, 3.63) is 71.9 Å². The lowest BCUT2D eigenvalue weighted by molar-refractivity contribution is 0.102. The van der Waals surface area contributed by atoms with Gasteiger partial charge in [0, 0.05) is 12.3 Å². The number of rotatable bonds is 4. The zero-order valence-electron chi connectivity index (χ0n) is 12.5. The average molecular weight is 335 g/mol. The molecular weight excluding hydrogens is 322 g/mol. The molecule has 0 spiro atoms. The van der Waals surface area contributed by atoms with Gasteiger partial charge in [-0.05, 0) is 29.6 Å². The second-order valence-electron chi connectivity index (χ2n) is 5.08. The first kappa shape index (κ1) is 14.4. The number of anilines is 1. The molecule has 7 heteroatoms. The molecule has 1 aromatic carbocycles. The summed E-state index contributed by atoms with van der Waals surface area (Å²) in [4.78, 5) is 13.3. The van der Waals surface area contributed by atoms with E-state index in [1.165, 1.54) is 0 Å². The topological polar surface area (TPSA) is 75.6 Å². The van der Waals surface area contributed by atoms with Crippen LogP contribution in [0.3, 0.4) is 0 Å². The van der Waals surface area contributed by atoms with Crippen molar-refractivity contribution >= 4 is 23.1 Å². The molecule has 118 valence electrons. The fourth-order valence-electron chi connectivity index (χ4n) is 2.29. The standard InChI is InChI=1S/C17H13N5OS/c23-17(14-11-13(19-20-14)15-7-4-10-24-15)18-16-8-9-22(21-16)12-5-2-1-3-6-12/h1-11H,(H,19,20)(H,18,21,23). The Balaban J connectivity index is 1.50. The third-order valence-electron chi connectivity index (χ3n) is 3.45. The van der Waals surface area contributed by atoms with Crippen LogP contribution in [0, 0.1) is 0 Å². The summed E-state index contributed by atoms with van der Waals surface area (Å²) in [5, 5.41) is 16.0. The number of aromatic nitrogens is 4. The molecule has 0 radical (unpaired) electrons. The van der Waals surface area contributed by atoms with Gasteiger partial charge in [-0.25, -0.2) is 4.68 Å². The van der Waals surface area contributed by atoms with Crippen LogP contribution < -0.4 is 5.32 Å². The Kier molecular flexibility index (Phi) is 3.68. The van der Waals surface area contributed by atoms with E-state index < -0.39 is 0 Å². The number of thiophene rings is 1. The number of carbonyl (C=O) groups is 1. The van der Waals surface area contributed by atoms with Crippen molar-refractivity contribution in [1.29, 1.82) is 0 Å². The Morgan fingerprint density at radius 2 is 2.00 bits per heavy atom. The maximum absolute atomic E-state index is 12.3. The number of aromatic amines is 1. The van der Waals surface area contributed by atoms with Gasteiger partial charge in [-0.3, -0.25) is 9.89 Å². The Morgan fingerprint density at radius 1 is 1.12 bits per heavy atom. The molecule has 0 saturated heterocycles. The fourth-order valence-corrected chi connectivity index (χ4v) is 2.98. The SMILES string of the molecule is O=C(Nc1ccn(-c2ccccc2)n1)c1cc(-c2cccs2)[nH]n1. The van der Waals surface area contributed by atoms with E-state index in [2.05, 4.69) is 20.6 Å². The van der Waals surface area contributed by atoms with Gasteiger partial charge in [0.1, 0.15) is 0 Å². The van der Waals surface area contributed by atoms with Gasteiger partial charge in [-0.1, -0.05) is 24.3 Å². The number of carbonyl (C=O) groups excluding carboxylic acids is 1. The number of benzene rings is 1. The van der Waals surface area contributed by atoms with Crippen molar-refractivity contribution in [2.75, 3.05) is 5.32 Å². The summed E-state index contributed by atoms with van der Waals surface area (Å²) in [6.07, 6.45) is 1.80. The summed E-state index contributed by atoms with van der Waals surface area (Å²) in [7, 11) is 0. The van der Waals surface area contributed by atoms with Crippen molar-refractivity contribution in [2.24, 2.45) is 0 Å². The maximum Gasteiger partial charge on any atom is 0.277 e. The van der Waals surface area contributed by atoms with E-state index in [0.29, 0.717) is 11.5 Å². The summed E-state index contributed by atoms with van der Waals surface area (Å²) in [5.74, 6) is 0.178. The quantitative estimate of drug-likeness (QED) is 0.598. The normalized spacial score (nSPS) is 10.7. The summed E-state index contributed by atoms with van der Waals surface area (Å²) >= 11 is 1.59. The number of hydrogen-bond donors (Lipinski definition) is 2. The van der Waals surface area contributed by atoms with E-state index in [1.54, 1.807) is 34.3 Å². The fraction of sp³-hybridized carbons (Fsp3) is 0. The highest BCUT2D eigenvalue weighted by atomic mass is 32.1. The molecule has 0 aliphatic carbocycles. The molecule has 3 aromatic heterocycles. The number of para-hydroxylation sites is 1. The van der Waals surface area contributed by atoms with Gasteiger partial charge in [0.25, 0.3) is 5.91 Å². The van der Waals surface area contributed by atoms with E-state index in [4.69, 9.17) is 0 Å². The lowest BCUT2D eigenvalue weighted by atomic mass is 10.3. The van der Waals surface area contributed by atoms with Crippen LogP contribution >= 0.6 is 11.3 Å². The average Bonchev–Trinajstić information content (AvgIpc) is 3.36. The number of nitrogens with one attached hydrogen (secondary N) is 2. The van der Waals surface area contributed by atoms with Crippen molar-refractivity contribution < 1.29 is 4.79 Å². The minimum Gasteiger partial charge on any atom is -0.304 e. The van der Waals surface area contributed by atoms with E-state index in [1.807, 2.05) is 47.8 Å². The molecule has 0 aliphatic heterocycles. The van der Waals surface area contributed by atoms with Gasteiger partial charge < -0.3 is 5.32 Å². The van der Waals surface area contributed by atoms with Crippen LogP contribution in [-0.2, 0) is 0 Å². The summed E-state index contributed by atoms with van der Waals surface area (Å²) < 4.78 is 1.71. The third-order valence-corrected chi connectivity index (χ3v) is 4.35. The van der Waals surface area contributed by atoms with Gasteiger partial charge in [-0.2, -0.15) is 10.2 Å². The summed E-state index contributed by atoms with van der Waals surface area (Å²) in [5.41, 5.74) is 2.08. The monoisotopic (exact) mass is 335 g/mol. The number of amides is 1. The zero-order valence-corrected chi connectivity index (χ0v) is 13.3. The molecule has 0 bridgehead atoms. The minimum absolute atomic E-state index is 0.299. The maximum atomic E-state index is 12.3. The largest absolute Gasteiger partial charge is 0.304 e. The van der Waals surface area contributed by atoms with Gasteiger partial charge in [0.05, 0.1) is 16.3 Å². The van der Waals surface area contributed by atoms with Crippen molar-refractivity contribution in [3.63, 3.8) is 0 Å². The highest BCUT2D eigenvalue weighted by Gasteiger charge is 2.13. The third kappa shape index (κ3) is 2.84. The first-order valence-corrected chi connectivity index (χ1v) is 8.19. The molecule has 24 heavy (non-hydrogen) atoms. The molecule has 0 fully saturated rings. The van der Waals surface area contributed by atoms with Crippen molar-refractivity contribution in [3.8, 4) is 16.3 Å². The second-order valence-corrected chi connectivity index (χ2v) is 6.03. The zero-order chi connectivity index (χ0) is 16.4. The van der Waals surface area contributed by atoms with Gasteiger partial charge in [0.2, 0.25) is 0 Å². The summed E-state index contributed by atoms with van der Waals surface area (Å²) in [6, 6.07) is 17.1. The van der Waals surface area contributed by atoms with Gasteiger partial charge in [-0.15, -0.1) is 11.3 Å².